The molecule has 0 unspecified atom stereocenters. The van der Waals surface area contributed by atoms with Crippen LogP contribution in [0.3, 0.4) is 0 Å². The molecule has 2 aromatic carbocycles. The molecule has 2 heterocycles. The molecule has 7 heteroatoms. The molecule has 0 aliphatic carbocycles. The number of aryl methyl sites for hydroxylation is 2. The van der Waals surface area contributed by atoms with Crippen molar-refractivity contribution >= 4 is 17.4 Å². The second-order valence-electron chi connectivity index (χ2n) is 6.84. The smallest absolute Gasteiger partial charge is 0.274 e. The summed E-state index contributed by atoms with van der Waals surface area (Å²) in [6, 6.07) is 15.2. The number of fused-ring (bicyclic) bond motifs is 1. The van der Waals surface area contributed by atoms with E-state index in [1.165, 1.54) is 5.56 Å². The Hall–Kier alpha value is -3.61. The predicted octanol–water partition coefficient (Wildman–Crippen LogP) is 3.73. The monoisotopic (exact) mass is 390 g/mol. The molecule has 4 rings (SSSR count). The lowest BCUT2D eigenvalue weighted by atomic mass is 10.1. The van der Waals surface area contributed by atoms with Crippen molar-refractivity contribution in [2.45, 2.75) is 20.4 Å². The van der Waals surface area contributed by atoms with Gasteiger partial charge in [0.25, 0.3) is 5.91 Å². The third-order valence-corrected chi connectivity index (χ3v) is 4.43. The van der Waals surface area contributed by atoms with Crippen LogP contribution in [0.25, 0.3) is 0 Å². The van der Waals surface area contributed by atoms with Crippen LogP contribution in [0.5, 0.6) is 11.5 Å². The molecule has 3 aromatic rings. The van der Waals surface area contributed by atoms with Crippen LogP contribution in [0.2, 0.25) is 0 Å². The summed E-state index contributed by atoms with van der Waals surface area (Å²) in [6.07, 6.45) is 0. The summed E-state index contributed by atoms with van der Waals surface area (Å²) in [5.74, 6) is 2.10. The molecule has 0 fully saturated rings. The Kier molecular flexibility index (Phi) is 5.29. The first-order valence-electron chi connectivity index (χ1n) is 9.43. The topological polar surface area (TPSA) is 85.4 Å². The second kappa shape index (κ2) is 8.18. The van der Waals surface area contributed by atoms with Crippen LogP contribution < -0.4 is 20.1 Å². The highest BCUT2D eigenvalue weighted by atomic mass is 16.6. The van der Waals surface area contributed by atoms with Crippen LogP contribution >= 0.6 is 0 Å². The van der Waals surface area contributed by atoms with Gasteiger partial charge in [-0.05, 0) is 31.5 Å². The molecular formula is C22H22N4O3. The van der Waals surface area contributed by atoms with E-state index in [1.807, 2.05) is 12.1 Å². The summed E-state index contributed by atoms with van der Waals surface area (Å²) >= 11 is 0. The van der Waals surface area contributed by atoms with Crippen LogP contribution in [0.15, 0.2) is 48.5 Å². The average Bonchev–Trinajstić information content (AvgIpc) is 2.72. The lowest BCUT2D eigenvalue weighted by Gasteiger charge is -2.19. The first-order valence-corrected chi connectivity index (χ1v) is 9.43. The number of anilines is 2. The zero-order chi connectivity index (χ0) is 20.2. The quantitative estimate of drug-likeness (QED) is 0.691. The van der Waals surface area contributed by atoms with E-state index in [0.717, 1.165) is 5.56 Å². The molecule has 0 saturated heterocycles. The first-order chi connectivity index (χ1) is 14.1. The second-order valence-corrected chi connectivity index (χ2v) is 6.84. The van der Waals surface area contributed by atoms with Crippen LogP contribution in [0, 0.1) is 13.8 Å². The number of carbonyl (C=O) groups excluding carboxylic acids is 1. The maximum atomic E-state index is 12.7. The van der Waals surface area contributed by atoms with E-state index < -0.39 is 0 Å². The van der Waals surface area contributed by atoms with Gasteiger partial charge in [-0.2, -0.15) is 0 Å². The third-order valence-electron chi connectivity index (χ3n) is 4.43. The Balaban J connectivity index is 1.47. The number of rotatable bonds is 5. The number of hydrogen-bond acceptors (Lipinski definition) is 6. The number of hydrogen-bond donors (Lipinski definition) is 2. The van der Waals surface area contributed by atoms with E-state index >= 15 is 0 Å². The van der Waals surface area contributed by atoms with Gasteiger partial charge in [0.15, 0.2) is 11.5 Å². The van der Waals surface area contributed by atoms with Gasteiger partial charge < -0.3 is 20.1 Å². The van der Waals surface area contributed by atoms with Crippen molar-refractivity contribution in [3.05, 3.63) is 71.2 Å². The SMILES string of the molecule is Cc1cccc(CNc2cc(C(=O)Nc3ccc4c(c3)OCCO4)nc(C)n2)c1. The normalized spacial score (nSPS) is 12.3. The summed E-state index contributed by atoms with van der Waals surface area (Å²) in [7, 11) is 0. The zero-order valence-electron chi connectivity index (χ0n) is 16.4. The molecule has 0 spiro atoms. The number of ether oxygens (including phenoxy) is 2. The molecule has 1 aliphatic heterocycles. The van der Waals surface area contributed by atoms with Crippen LogP contribution in [-0.4, -0.2) is 29.1 Å². The first kappa shape index (κ1) is 18.7. The molecule has 0 atom stereocenters. The fourth-order valence-corrected chi connectivity index (χ4v) is 3.11. The Morgan fingerprint density at radius 2 is 1.83 bits per heavy atom. The minimum Gasteiger partial charge on any atom is -0.486 e. The van der Waals surface area contributed by atoms with Crippen molar-refractivity contribution in [3.63, 3.8) is 0 Å². The van der Waals surface area contributed by atoms with Gasteiger partial charge in [0.05, 0.1) is 0 Å². The van der Waals surface area contributed by atoms with Crippen LogP contribution in [0.1, 0.15) is 27.4 Å². The largest absolute Gasteiger partial charge is 0.486 e. The molecule has 2 N–H and O–H groups in total. The number of amides is 1. The lowest BCUT2D eigenvalue weighted by molar-refractivity contribution is 0.102. The van der Waals surface area contributed by atoms with Gasteiger partial charge in [0, 0.05) is 24.4 Å². The Bertz CT molecular complexity index is 1050. The van der Waals surface area contributed by atoms with Gasteiger partial charge in [-0.15, -0.1) is 0 Å². The molecule has 0 bridgehead atoms. The summed E-state index contributed by atoms with van der Waals surface area (Å²) in [5.41, 5.74) is 3.25. The van der Waals surface area contributed by atoms with Gasteiger partial charge in [-0.3, -0.25) is 4.79 Å². The maximum absolute atomic E-state index is 12.7. The summed E-state index contributed by atoms with van der Waals surface area (Å²) in [6.45, 7) is 5.45. The fraction of sp³-hybridized carbons (Fsp3) is 0.227. The zero-order valence-corrected chi connectivity index (χ0v) is 16.4. The number of carbonyl (C=O) groups is 1. The van der Waals surface area contributed by atoms with Crippen molar-refractivity contribution < 1.29 is 14.3 Å². The highest BCUT2D eigenvalue weighted by Gasteiger charge is 2.15. The number of benzene rings is 2. The summed E-state index contributed by atoms with van der Waals surface area (Å²) in [5, 5.41) is 6.11. The summed E-state index contributed by atoms with van der Waals surface area (Å²) in [4.78, 5) is 21.4. The minimum absolute atomic E-state index is 0.291. The standard InChI is InChI=1S/C22H22N4O3/c1-14-4-3-5-16(10-14)13-23-21-12-18(24-15(2)25-21)22(27)26-17-6-7-19-20(11-17)29-9-8-28-19/h3-7,10-12H,8-9,13H2,1-2H3,(H,26,27)(H,23,24,25). The van der Waals surface area contributed by atoms with Crippen LogP contribution in [-0.2, 0) is 6.54 Å². The molecule has 1 aliphatic rings. The van der Waals surface area contributed by atoms with Gasteiger partial charge in [0.2, 0.25) is 0 Å². The highest BCUT2D eigenvalue weighted by molar-refractivity contribution is 6.03. The molecule has 29 heavy (non-hydrogen) atoms. The van der Waals surface area contributed by atoms with Crippen molar-refractivity contribution in [2.24, 2.45) is 0 Å². The fourth-order valence-electron chi connectivity index (χ4n) is 3.11. The molecule has 0 radical (unpaired) electrons. The minimum atomic E-state index is -0.314. The van der Waals surface area contributed by atoms with Gasteiger partial charge >= 0.3 is 0 Å². The van der Waals surface area contributed by atoms with Crippen molar-refractivity contribution in [1.29, 1.82) is 0 Å². The van der Waals surface area contributed by atoms with Gasteiger partial charge in [-0.1, -0.05) is 29.8 Å². The van der Waals surface area contributed by atoms with Gasteiger partial charge in [0.1, 0.15) is 30.5 Å². The Morgan fingerprint density at radius 1 is 1.00 bits per heavy atom. The lowest BCUT2D eigenvalue weighted by Crippen LogP contribution is -2.17. The average molecular weight is 390 g/mol. The van der Waals surface area contributed by atoms with E-state index in [1.54, 1.807) is 31.2 Å². The van der Waals surface area contributed by atoms with Crippen molar-refractivity contribution in [2.75, 3.05) is 23.8 Å². The third kappa shape index (κ3) is 4.63. The molecule has 1 aromatic heterocycles. The molecule has 148 valence electrons. The highest BCUT2D eigenvalue weighted by Crippen LogP contribution is 2.32. The van der Waals surface area contributed by atoms with E-state index in [9.17, 15) is 4.79 Å². The summed E-state index contributed by atoms with van der Waals surface area (Å²) < 4.78 is 11.1. The van der Waals surface area contributed by atoms with E-state index in [2.05, 4.69) is 39.7 Å². The molecule has 0 saturated carbocycles. The van der Waals surface area contributed by atoms with Crippen molar-refractivity contribution in [3.8, 4) is 11.5 Å². The van der Waals surface area contributed by atoms with Gasteiger partial charge in [-0.25, -0.2) is 9.97 Å². The number of nitrogens with zero attached hydrogens (tertiary/aromatic N) is 2. The van der Waals surface area contributed by atoms with Crippen LogP contribution in [0.4, 0.5) is 11.5 Å². The Labute approximate surface area is 169 Å². The Morgan fingerprint density at radius 3 is 2.66 bits per heavy atom. The number of nitrogens with one attached hydrogen (secondary N) is 2. The van der Waals surface area contributed by atoms with E-state index in [4.69, 9.17) is 9.47 Å². The molecule has 1 amide bonds. The number of aromatic nitrogens is 2. The maximum Gasteiger partial charge on any atom is 0.274 e. The predicted molar refractivity (Wildman–Crippen MR) is 111 cm³/mol. The van der Waals surface area contributed by atoms with Crippen molar-refractivity contribution in [1.82, 2.24) is 9.97 Å². The molecule has 7 nitrogen and oxygen atoms in total. The molecular weight excluding hydrogens is 368 g/mol. The van der Waals surface area contributed by atoms with E-state index in [0.29, 0.717) is 54.3 Å². The van der Waals surface area contributed by atoms with E-state index in [-0.39, 0.29) is 5.91 Å².